The molecule has 0 fully saturated rings. The van der Waals surface area contributed by atoms with Gasteiger partial charge in [-0.2, -0.15) is 5.10 Å². The normalized spacial score (nSPS) is 29.4. The van der Waals surface area contributed by atoms with Crippen molar-refractivity contribution in [1.82, 2.24) is 4.41 Å². The van der Waals surface area contributed by atoms with E-state index in [0.717, 1.165) is 0 Å². The number of thioether (sulfide) groups is 1. The van der Waals surface area contributed by atoms with E-state index in [1.165, 1.54) is 16.2 Å². The first-order chi connectivity index (χ1) is 3.30. The Hall–Kier alpha value is 0.130. The summed E-state index contributed by atoms with van der Waals surface area (Å²) in [5.74, 6) is 0. The Bertz CT molecular complexity index is 92.9. The Morgan fingerprint density at radius 1 is 2.00 bits per heavy atom. The largest absolute Gasteiger partial charge is 0.300 e. The van der Waals surface area contributed by atoms with Crippen molar-refractivity contribution in [2.75, 3.05) is 0 Å². The fourth-order valence-corrected chi connectivity index (χ4v) is 0.987. The van der Waals surface area contributed by atoms with E-state index in [1.54, 1.807) is 5.55 Å². The predicted octanol–water partition coefficient (Wildman–Crippen LogP) is 0.0656. The molecule has 1 rings (SSSR count). The molecule has 40 valence electrons. The zero-order chi connectivity index (χ0) is 5.28. The van der Waals surface area contributed by atoms with Crippen molar-refractivity contribution >= 4 is 30.1 Å². The van der Waals surface area contributed by atoms with Crippen molar-refractivity contribution in [1.29, 1.82) is 0 Å². The highest BCUT2D eigenvalue weighted by molar-refractivity contribution is 8.13. The molecule has 0 amide bonds. The molecule has 7 heavy (non-hydrogen) atoms. The van der Waals surface area contributed by atoms with Crippen LogP contribution in [0.5, 0.6) is 0 Å². The van der Waals surface area contributed by atoms with E-state index in [1.807, 2.05) is 0 Å². The monoisotopic (exact) mass is 135 g/mol. The lowest BCUT2D eigenvalue weighted by molar-refractivity contribution is 0.503. The Balaban J connectivity index is 2.45. The Morgan fingerprint density at radius 3 is 2.86 bits per heavy atom. The van der Waals surface area contributed by atoms with Gasteiger partial charge < -0.3 is 5.73 Å². The number of thiol groups is 1. The summed E-state index contributed by atoms with van der Waals surface area (Å²) in [4.78, 5) is 0. The van der Waals surface area contributed by atoms with Gasteiger partial charge in [-0.3, -0.25) is 0 Å². The molecule has 0 aliphatic carbocycles. The van der Waals surface area contributed by atoms with Gasteiger partial charge in [0.25, 0.3) is 0 Å². The minimum atomic E-state index is -0.0941. The van der Waals surface area contributed by atoms with Crippen molar-refractivity contribution in [2.24, 2.45) is 10.8 Å². The summed E-state index contributed by atoms with van der Waals surface area (Å²) in [7, 11) is 0. The summed E-state index contributed by atoms with van der Waals surface area (Å²) >= 11 is 5.32. The number of nitrogens with zero attached hydrogens (tertiary/aromatic N) is 2. The molecule has 1 aliphatic heterocycles. The maximum atomic E-state index is 5.37. The van der Waals surface area contributed by atoms with Crippen molar-refractivity contribution < 1.29 is 0 Å². The van der Waals surface area contributed by atoms with Gasteiger partial charge in [-0.15, -0.1) is 0 Å². The summed E-state index contributed by atoms with van der Waals surface area (Å²) in [5, 5.41) is 3.73. The molecule has 2 N–H and O–H groups in total. The molecular formula is C2H5N3S2. The number of hydrogen-bond donors (Lipinski definition) is 2. The van der Waals surface area contributed by atoms with E-state index < -0.39 is 0 Å². The number of rotatable bonds is 0. The van der Waals surface area contributed by atoms with E-state index in [9.17, 15) is 0 Å². The van der Waals surface area contributed by atoms with Crippen LogP contribution in [-0.4, -0.2) is 15.5 Å². The molecular weight excluding hydrogens is 130 g/mol. The lowest BCUT2D eigenvalue weighted by Gasteiger charge is -2.08. The first-order valence-electron chi connectivity index (χ1n) is 1.72. The average Bonchev–Trinajstić information content (AvgIpc) is 1.91. The Labute approximate surface area is 51.5 Å². The van der Waals surface area contributed by atoms with Gasteiger partial charge in [0.05, 0.1) is 5.55 Å². The van der Waals surface area contributed by atoms with E-state index >= 15 is 0 Å². The lowest BCUT2D eigenvalue weighted by Crippen LogP contribution is -2.24. The molecule has 1 unspecified atom stereocenters. The second-order valence-electron chi connectivity index (χ2n) is 1.07. The fraction of sp³-hybridized carbons (Fsp3) is 0.500. The third-order valence-corrected chi connectivity index (χ3v) is 1.80. The zero-order valence-corrected chi connectivity index (χ0v) is 5.19. The summed E-state index contributed by atoms with van der Waals surface area (Å²) in [6.45, 7) is 0. The molecule has 1 heterocycles. The topological polar surface area (TPSA) is 41.6 Å². The quantitative estimate of drug-likeness (QED) is 0.462. The molecule has 0 saturated heterocycles. The summed E-state index contributed by atoms with van der Waals surface area (Å²) in [5.41, 5.74) is 6.94. The van der Waals surface area contributed by atoms with E-state index in [-0.39, 0.29) is 5.50 Å². The van der Waals surface area contributed by atoms with Crippen molar-refractivity contribution in [3.8, 4) is 0 Å². The van der Waals surface area contributed by atoms with Gasteiger partial charge in [-0.1, -0.05) is 11.8 Å². The number of hydrazone groups is 1. The molecule has 0 aromatic rings. The molecule has 1 aliphatic rings. The van der Waals surface area contributed by atoms with Crippen LogP contribution < -0.4 is 5.73 Å². The minimum absolute atomic E-state index is 0.0941. The van der Waals surface area contributed by atoms with E-state index in [2.05, 4.69) is 17.9 Å². The van der Waals surface area contributed by atoms with Gasteiger partial charge in [0.1, 0.15) is 0 Å². The molecule has 0 aromatic heterocycles. The molecule has 0 spiro atoms. The second kappa shape index (κ2) is 1.94. The van der Waals surface area contributed by atoms with Crippen molar-refractivity contribution in [2.45, 2.75) is 5.50 Å². The van der Waals surface area contributed by atoms with Gasteiger partial charge in [-0.25, -0.2) is 4.41 Å². The van der Waals surface area contributed by atoms with Crippen LogP contribution in [-0.2, 0) is 0 Å². The van der Waals surface area contributed by atoms with Crippen LogP contribution in [0.3, 0.4) is 0 Å². The maximum Gasteiger partial charge on any atom is 0.158 e. The van der Waals surface area contributed by atoms with Crippen molar-refractivity contribution in [3.05, 3.63) is 0 Å². The van der Waals surface area contributed by atoms with Gasteiger partial charge >= 0.3 is 0 Å². The molecule has 0 bridgehead atoms. The molecule has 3 nitrogen and oxygen atoms in total. The van der Waals surface area contributed by atoms with Crippen molar-refractivity contribution in [3.63, 3.8) is 0 Å². The molecule has 0 aromatic carbocycles. The predicted molar refractivity (Wildman–Crippen MR) is 34.9 cm³/mol. The van der Waals surface area contributed by atoms with Crippen LogP contribution in [0.25, 0.3) is 0 Å². The maximum absolute atomic E-state index is 5.37. The van der Waals surface area contributed by atoms with Crippen LogP contribution in [0, 0.1) is 0 Å². The third-order valence-electron chi connectivity index (χ3n) is 0.593. The van der Waals surface area contributed by atoms with Gasteiger partial charge in [0.2, 0.25) is 0 Å². The standard InChI is InChI=1S/C2H5N3S2/c3-2-5(6)4-1-7-2/h1-2,6H,3H2. The fourth-order valence-electron chi connectivity index (χ4n) is 0.258. The van der Waals surface area contributed by atoms with Crippen LogP contribution in [0.2, 0.25) is 0 Å². The first-order valence-corrected chi connectivity index (χ1v) is 3.06. The molecule has 0 saturated carbocycles. The van der Waals surface area contributed by atoms with E-state index in [4.69, 9.17) is 5.73 Å². The molecule has 0 radical (unpaired) electrons. The van der Waals surface area contributed by atoms with E-state index in [0.29, 0.717) is 0 Å². The number of nitrogens with two attached hydrogens (primary N) is 1. The Kier molecular flexibility index (Phi) is 1.46. The van der Waals surface area contributed by atoms with Crippen LogP contribution in [0.1, 0.15) is 0 Å². The lowest BCUT2D eigenvalue weighted by atomic mass is 11.2. The van der Waals surface area contributed by atoms with Gasteiger partial charge in [0.15, 0.2) is 5.50 Å². The number of hydrogen-bond acceptors (Lipinski definition) is 5. The van der Waals surface area contributed by atoms with Crippen LogP contribution in [0.15, 0.2) is 5.10 Å². The van der Waals surface area contributed by atoms with Gasteiger partial charge in [-0.05, 0) is 12.8 Å². The highest BCUT2D eigenvalue weighted by Gasteiger charge is 2.11. The van der Waals surface area contributed by atoms with Crippen LogP contribution >= 0.6 is 24.6 Å². The summed E-state index contributed by atoms with van der Waals surface area (Å²) in [6, 6.07) is 0. The molecule has 1 atom stereocenters. The first kappa shape index (κ1) is 5.27. The average molecular weight is 135 g/mol. The summed E-state index contributed by atoms with van der Waals surface area (Å²) < 4.78 is 1.41. The Morgan fingerprint density at radius 2 is 2.71 bits per heavy atom. The SMILES string of the molecule is NC1SC=NN1S. The zero-order valence-electron chi connectivity index (χ0n) is 3.48. The minimum Gasteiger partial charge on any atom is -0.300 e. The smallest absolute Gasteiger partial charge is 0.158 e. The second-order valence-corrected chi connectivity index (χ2v) is 2.44. The highest BCUT2D eigenvalue weighted by Crippen LogP contribution is 2.16. The van der Waals surface area contributed by atoms with Crippen LogP contribution in [0.4, 0.5) is 0 Å². The third kappa shape index (κ3) is 1.02. The van der Waals surface area contributed by atoms with Gasteiger partial charge in [0, 0.05) is 0 Å². The summed E-state index contributed by atoms with van der Waals surface area (Å²) in [6.07, 6.45) is 0. The molecule has 5 heteroatoms. The highest BCUT2D eigenvalue weighted by atomic mass is 32.2.